The lowest BCUT2D eigenvalue weighted by Crippen LogP contribution is -2.15. The molecule has 0 spiro atoms. The summed E-state index contributed by atoms with van der Waals surface area (Å²) in [6.07, 6.45) is -1.36. The van der Waals surface area contributed by atoms with Gasteiger partial charge in [0, 0.05) is 56.0 Å². The van der Waals surface area contributed by atoms with Gasteiger partial charge in [0.25, 0.3) is 0 Å². The molecule has 0 aliphatic heterocycles. The lowest BCUT2D eigenvalue weighted by atomic mass is 9.80. The molecular formula is C54H38F3N3. The molecule has 3 nitrogen and oxygen atoms in total. The van der Waals surface area contributed by atoms with Crippen molar-refractivity contribution in [2.45, 2.75) is 44.7 Å². The third-order valence-corrected chi connectivity index (χ3v) is 13.6. The van der Waals surface area contributed by atoms with Crippen LogP contribution in [0, 0.1) is 0 Å². The summed E-state index contributed by atoms with van der Waals surface area (Å²) < 4.78 is 50.4. The number of aromatic nitrogens is 3. The highest BCUT2D eigenvalue weighted by Crippen LogP contribution is 2.55. The van der Waals surface area contributed by atoms with Gasteiger partial charge >= 0.3 is 6.18 Å². The number of nitrogens with zero attached hydrogens (tertiary/aromatic N) is 3. The van der Waals surface area contributed by atoms with Gasteiger partial charge in [-0.2, -0.15) is 13.2 Å². The predicted molar refractivity (Wildman–Crippen MR) is 238 cm³/mol. The Bertz CT molecular complexity index is 3490. The van der Waals surface area contributed by atoms with Crippen molar-refractivity contribution in [2.24, 2.45) is 0 Å². The minimum Gasteiger partial charge on any atom is -0.309 e. The molecule has 3 heterocycles. The lowest BCUT2D eigenvalue weighted by molar-refractivity contribution is -0.137. The monoisotopic (exact) mass is 785 g/mol. The molecule has 0 radical (unpaired) electrons. The Morgan fingerprint density at radius 3 is 1.57 bits per heavy atom. The number of pyridine rings is 1. The van der Waals surface area contributed by atoms with E-state index in [9.17, 15) is 0 Å². The van der Waals surface area contributed by atoms with Gasteiger partial charge in [0.2, 0.25) is 0 Å². The maximum Gasteiger partial charge on any atom is 0.417 e. The maximum absolute atomic E-state index is 15.4. The van der Waals surface area contributed by atoms with E-state index in [1.165, 1.54) is 50.6 Å². The molecule has 0 saturated carbocycles. The summed E-state index contributed by atoms with van der Waals surface area (Å²) in [6, 6.07) is 48.7. The molecule has 60 heavy (non-hydrogen) atoms. The highest BCUT2D eigenvalue weighted by molar-refractivity contribution is 6.16. The van der Waals surface area contributed by atoms with Crippen LogP contribution in [0.1, 0.15) is 55.5 Å². The summed E-state index contributed by atoms with van der Waals surface area (Å²) >= 11 is 0. The first-order valence-electron chi connectivity index (χ1n) is 20.5. The number of halogens is 3. The molecule has 290 valence electrons. The smallest absolute Gasteiger partial charge is 0.309 e. The molecule has 0 saturated heterocycles. The summed E-state index contributed by atoms with van der Waals surface area (Å²) in [5.74, 6) is 0. The number of rotatable bonds is 3. The third kappa shape index (κ3) is 4.48. The summed E-state index contributed by atoms with van der Waals surface area (Å²) in [7, 11) is 0. The van der Waals surface area contributed by atoms with E-state index in [0.717, 1.165) is 43.6 Å². The van der Waals surface area contributed by atoms with Gasteiger partial charge < -0.3 is 9.13 Å². The number of alkyl halides is 3. The van der Waals surface area contributed by atoms with Gasteiger partial charge in [-0.25, -0.2) is 0 Å². The van der Waals surface area contributed by atoms with Crippen LogP contribution in [0.25, 0.3) is 88.4 Å². The Morgan fingerprint density at radius 1 is 0.467 bits per heavy atom. The second-order valence-corrected chi connectivity index (χ2v) is 17.4. The van der Waals surface area contributed by atoms with Gasteiger partial charge in [0.05, 0.1) is 33.3 Å². The first kappa shape index (κ1) is 35.1. The van der Waals surface area contributed by atoms with Crippen LogP contribution in [0.4, 0.5) is 13.2 Å². The van der Waals surface area contributed by atoms with Crippen molar-refractivity contribution >= 4 is 43.6 Å². The molecule has 0 amide bonds. The minimum atomic E-state index is -4.63. The molecule has 12 rings (SSSR count). The van der Waals surface area contributed by atoms with E-state index < -0.39 is 11.7 Å². The number of fused-ring (bicyclic) bond motifs is 14. The van der Waals surface area contributed by atoms with E-state index in [2.05, 4.69) is 139 Å². The Balaban J connectivity index is 1.13. The lowest BCUT2D eigenvalue weighted by Gasteiger charge is -2.23. The zero-order valence-electron chi connectivity index (χ0n) is 33.5. The van der Waals surface area contributed by atoms with Crippen molar-refractivity contribution < 1.29 is 13.2 Å². The van der Waals surface area contributed by atoms with Crippen LogP contribution in [-0.4, -0.2) is 14.1 Å². The second kappa shape index (κ2) is 11.9. The molecule has 7 aromatic carbocycles. The zero-order chi connectivity index (χ0) is 40.9. The largest absolute Gasteiger partial charge is 0.417 e. The van der Waals surface area contributed by atoms with Crippen LogP contribution in [0.5, 0.6) is 0 Å². The molecular weight excluding hydrogens is 748 g/mol. The number of hydrogen-bond donors (Lipinski definition) is 0. The Hall–Kier alpha value is -6.92. The van der Waals surface area contributed by atoms with Crippen molar-refractivity contribution in [3.8, 4) is 44.8 Å². The fraction of sp³-hybridized carbons (Fsp3) is 0.130. The van der Waals surface area contributed by atoms with Gasteiger partial charge in [-0.3, -0.25) is 4.98 Å². The van der Waals surface area contributed by atoms with Gasteiger partial charge in [-0.05, 0) is 98.6 Å². The van der Waals surface area contributed by atoms with Crippen LogP contribution in [0.15, 0.2) is 158 Å². The molecule has 10 aromatic rings. The van der Waals surface area contributed by atoms with Gasteiger partial charge in [-0.1, -0.05) is 125 Å². The number of benzene rings is 7. The maximum atomic E-state index is 15.4. The predicted octanol–water partition coefficient (Wildman–Crippen LogP) is 14.6. The van der Waals surface area contributed by atoms with Gasteiger partial charge in [0.15, 0.2) is 0 Å². The molecule has 2 aliphatic rings. The topological polar surface area (TPSA) is 22.8 Å². The van der Waals surface area contributed by atoms with E-state index >= 15 is 13.2 Å². The normalized spacial score (nSPS) is 14.8. The van der Waals surface area contributed by atoms with Crippen LogP contribution in [-0.2, 0) is 17.0 Å². The highest BCUT2D eigenvalue weighted by Gasteiger charge is 2.40. The van der Waals surface area contributed by atoms with Crippen LogP contribution < -0.4 is 0 Å². The second-order valence-electron chi connectivity index (χ2n) is 17.4. The summed E-state index contributed by atoms with van der Waals surface area (Å²) in [4.78, 5) is 4.50. The van der Waals surface area contributed by atoms with E-state index in [1.54, 1.807) is 24.5 Å². The van der Waals surface area contributed by atoms with Gasteiger partial charge in [0.1, 0.15) is 0 Å². The molecule has 2 aliphatic carbocycles. The highest BCUT2D eigenvalue weighted by atomic mass is 19.4. The van der Waals surface area contributed by atoms with Crippen molar-refractivity contribution in [3.05, 3.63) is 186 Å². The van der Waals surface area contributed by atoms with Crippen LogP contribution >= 0.6 is 0 Å². The minimum absolute atomic E-state index is 0.0720. The average Bonchev–Trinajstić information content (AvgIpc) is 3.92. The Kier molecular flexibility index (Phi) is 6.93. The van der Waals surface area contributed by atoms with E-state index in [4.69, 9.17) is 0 Å². The van der Waals surface area contributed by atoms with Crippen molar-refractivity contribution in [2.75, 3.05) is 0 Å². The Morgan fingerprint density at radius 2 is 0.983 bits per heavy atom. The van der Waals surface area contributed by atoms with Crippen molar-refractivity contribution in [1.82, 2.24) is 14.1 Å². The zero-order valence-corrected chi connectivity index (χ0v) is 33.5. The average molecular weight is 786 g/mol. The van der Waals surface area contributed by atoms with E-state index in [1.807, 2.05) is 30.3 Å². The molecule has 6 heteroatoms. The standard InChI is InChI=1S/C54H38F3N3/c1-52(2)40-17-9-5-13-32(40)34-22-25-46-48(50(34)52)36-15-7-11-19-43(36)59(46)31-21-24-42(54(55,56)57)38(29-31)39-30-58-28-27-45(39)60-44-20-12-8-16-37(44)49-47(60)26-23-35-33-14-6-10-18-41(33)53(3,4)51(35)49/h5-30H,1-4H3. The number of para-hydroxylation sites is 2. The summed E-state index contributed by atoms with van der Waals surface area (Å²) in [5, 5.41) is 4.35. The van der Waals surface area contributed by atoms with E-state index in [0.29, 0.717) is 16.9 Å². The van der Waals surface area contributed by atoms with Crippen LogP contribution in [0.3, 0.4) is 0 Å². The Labute approximate surface area is 345 Å². The van der Waals surface area contributed by atoms with E-state index in [-0.39, 0.29) is 16.4 Å². The number of hydrogen-bond acceptors (Lipinski definition) is 1. The molecule has 3 aromatic heterocycles. The fourth-order valence-corrected chi connectivity index (χ4v) is 11.1. The molecule has 0 atom stereocenters. The summed E-state index contributed by atoms with van der Waals surface area (Å²) in [5.41, 5.74) is 14.0. The molecule has 0 unspecified atom stereocenters. The fourth-order valence-electron chi connectivity index (χ4n) is 11.1. The third-order valence-electron chi connectivity index (χ3n) is 13.6. The first-order chi connectivity index (χ1) is 29.0. The quantitative estimate of drug-likeness (QED) is 0.175. The molecule has 0 bridgehead atoms. The van der Waals surface area contributed by atoms with Crippen molar-refractivity contribution in [1.29, 1.82) is 0 Å². The van der Waals surface area contributed by atoms with Crippen LogP contribution in [0.2, 0.25) is 0 Å². The SMILES string of the molecule is CC1(C)c2ccccc2-c2ccc3c(c21)c1ccccc1n3-c1ccc(C(F)(F)F)c(-c2cnccc2-n2c3ccccc3c3c4c(ccc32)-c2ccccc2C4(C)C)c1. The summed E-state index contributed by atoms with van der Waals surface area (Å²) in [6.45, 7) is 9.08. The van der Waals surface area contributed by atoms with Crippen molar-refractivity contribution in [3.63, 3.8) is 0 Å². The molecule has 0 fully saturated rings. The first-order valence-corrected chi connectivity index (χ1v) is 20.5. The van der Waals surface area contributed by atoms with Gasteiger partial charge in [-0.15, -0.1) is 0 Å². The molecule has 0 N–H and O–H groups in total.